The summed E-state index contributed by atoms with van der Waals surface area (Å²) in [5.41, 5.74) is 47.7. The van der Waals surface area contributed by atoms with Gasteiger partial charge in [-0.15, -0.1) is 0 Å². The van der Waals surface area contributed by atoms with Crippen molar-refractivity contribution < 1.29 is 0 Å². The Bertz CT molecular complexity index is 9800. The molecule has 6 aromatic heterocycles. The van der Waals surface area contributed by atoms with E-state index in [9.17, 15) is 0 Å². The topological polar surface area (TPSA) is 29.6 Å². The summed E-state index contributed by atoms with van der Waals surface area (Å²) in [5.74, 6) is 0. The molecule has 31 rings (SSSR count). The van der Waals surface area contributed by atoms with E-state index in [1.807, 2.05) is 0 Å². The Balaban J connectivity index is 0.000000131. The van der Waals surface area contributed by atoms with Gasteiger partial charge in [-0.05, 0) is 269 Å². The lowest BCUT2D eigenvalue weighted by molar-refractivity contribution is 0.630. The van der Waals surface area contributed by atoms with Crippen molar-refractivity contribution in [3.8, 4) is 89.8 Å². The molecule has 20 aromatic carbocycles. The molecule has 1 spiro atoms. The third-order valence-electron chi connectivity index (χ3n) is 32.4. The zero-order valence-corrected chi connectivity index (χ0v) is 76.1. The van der Waals surface area contributed by atoms with E-state index in [1.54, 1.807) is 0 Å². The molecule has 2 aliphatic heterocycles. The lowest BCUT2D eigenvalue weighted by Gasteiger charge is -2.34. The molecule has 638 valence electrons. The minimum absolute atomic E-state index is 0.0953. The van der Waals surface area contributed by atoms with Gasteiger partial charge in [-0.1, -0.05) is 308 Å². The molecular formula is C130H88N6. The standard InChI is InChI=1S/C70H45N3.C60H43N3/c1-69(2)59-27-13-15-30-66(59)73-65-35-32-42(37-52(65)50-23-16-28-60(69)68(50)73)43-31-34-63-53(38-43)55-40-51-48-21-8-12-26-58(48)70(56-24-10-6-19-46(56)47-20-7-11-25-57(47)70)61(51)41-67(55)72(63)45-33-36-64-54(39-45)49-22-9-14-29-62(49)71(64)44-17-4-3-5-18-44;1-59(2)48-20-10-8-17-40(48)43-34-47-45-32-37(36-26-29-55-44(31-36)42-19-14-22-50-58(42)63(55)56-24-13-11-21-49(56)60(50,3)4)25-28-53(45)62(57(47)35-51(43)59)39-27-30-54-46(33-39)41-18-9-12-23-52(41)61(54)38-15-6-5-7-16-38/h3-41H,1-2H3;5-35H,1-4H3. The monoisotopic (exact) mass is 1730 g/mol. The maximum absolute atomic E-state index is 2.57. The van der Waals surface area contributed by atoms with Gasteiger partial charge in [-0.25, -0.2) is 0 Å². The lowest BCUT2D eigenvalue weighted by atomic mass is 9.70. The van der Waals surface area contributed by atoms with Gasteiger partial charge in [0.15, 0.2) is 0 Å². The number of fused-ring (bicyclic) bond motifs is 35. The summed E-state index contributed by atoms with van der Waals surface area (Å²) < 4.78 is 14.9. The van der Waals surface area contributed by atoms with E-state index in [2.05, 4.69) is 494 Å². The highest BCUT2D eigenvalue weighted by atomic mass is 15.0. The van der Waals surface area contributed by atoms with E-state index in [0.717, 1.165) is 11.4 Å². The number of hydrogen-bond donors (Lipinski definition) is 0. The number of para-hydroxylation sites is 8. The Labute approximate surface area is 785 Å². The van der Waals surface area contributed by atoms with Crippen LogP contribution in [0.3, 0.4) is 0 Å². The van der Waals surface area contributed by atoms with E-state index in [-0.39, 0.29) is 16.2 Å². The first kappa shape index (κ1) is 75.8. The predicted octanol–water partition coefficient (Wildman–Crippen LogP) is 33.2. The highest BCUT2D eigenvalue weighted by Gasteiger charge is 2.52. The molecule has 8 heterocycles. The maximum Gasteiger partial charge on any atom is 0.0726 e. The van der Waals surface area contributed by atoms with Gasteiger partial charge in [0.05, 0.1) is 83.0 Å². The SMILES string of the molecule is CC1(C)c2ccccc2-c2cc3c4cc(-c5ccc6c(c5)c5cccc7c5n6-c5ccccc5C7(C)C)ccc4n(-c4ccc5c(c4)c4ccccc4n5-c4ccccc4)c3cc21.CC1(C)c2ccccc2-n2c3ccc(-c4ccc5c(c4)c4cc6c(cc4n5-c4ccc5c(c4)c4ccccc4n5-c4ccccc4)C4(c5ccccc5-c5ccccc54)c4ccccc4-6)cc3c3cccc1c32. The third-order valence-corrected chi connectivity index (χ3v) is 32.4. The number of rotatable bonds is 6. The van der Waals surface area contributed by atoms with E-state index >= 15 is 0 Å². The van der Waals surface area contributed by atoms with Crippen molar-refractivity contribution in [2.24, 2.45) is 0 Å². The first-order valence-electron chi connectivity index (χ1n) is 47.9. The van der Waals surface area contributed by atoms with E-state index in [0.29, 0.717) is 0 Å². The fourth-order valence-corrected chi connectivity index (χ4v) is 26.3. The van der Waals surface area contributed by atoms with Crippen LogP contribution in [0.25, 0.3) is 221 Å². The Morgan fingerprint density at radius 1 is 0.147 bits per heavy atom. The smallest absolute Gasteiger partial charge is 0.0726 e. The fraction of sp³-hybridized carbons (Fsp3) is 0.0769. The minimum atomic E-state index is -0.460. The molecule has 0 unspecified atom stereocenters. The van der Waals surface area contributed by atoms with Gasteiger partial charge in [-0.2, -0.15) is 0 Å². The number of hydrogen-bond acceptors (Lipinski definition) is 0. The molecule has 0 saturated carbocycles. The van der Waals surface area contributed by atoms with E-state index in [4.69, 9.17) is 0 Å². The summed E-state index contributed by atoms with van der Waals surface area (Å²) >= 11 is 0. The van der Waals surface area contributed by atoms with Crippen LogP contribution in [0.2, 0.25) is 0 Å². The number of aromatic nitrogens is 6. The first-order chi connectivity index (χ1) is 66.7. The van der Waals surface area contributed by atoms with Crippen molar-refractivity contribution in [3.05, 3.63) is 480 Å². The molecule has 5 aliphatic rings. The van der Waals surface area contributed by atoms with Crippen LogP contribution in [0.5, 0.6) is 0 Å². The van der Waals surface area contributed by atoms with E-state index in [1.165, 1.54) is 265 Å². The summed E-state index contributed by atoms with van der Waals surface area (Å²) in [6.45, 7) is 14.3. The summed E-state index contributed by atoms with van der Waals surface area (Å²) in [6.07, 6.45) is 0. The lowest BCUT2D eigenvalue weighted by Crippen LogP contribution is -2.26. The van der Waals surface area contributed by atoms with Gasteiger partial charge >= 0.3 is 0 Å². The molecule has 3 aliphatic carbocycles. The summed E-state index contributed by atoms with van der Waals surface area (Å²) in [4.78, 5) is 0. The summed E-state index contributed by atoms with van der Waals surface area (Å²) in [5, 5.41) is 15.2. The average molecular weight is 1730 g/mol. The van der Waals surface area contributed by atoms with Crippen molar-refractivity contribution in [1.82, 2.24) is 27.4 Å². The van der Waals surface area contributed by atoms with Crippen molar-refractivity contribution >= 4 is 131 Å². The highest BCUT2D eigenvalue weighted by molar-refractivity contribution is 6.20. The largest absolute Gasteiger partial charge is 0.309 e. The third kappa shape index (κ3) is 9.83. The molecule has 26 aromatic rings. The van der Waals surface area contributed by atoms with Crippen molar-refractivity contribution in [2.45, 2.75) is 63.2 Å². The second-order valence-electron chi connectivity index (χ2n) is 40.1. The van der Waals surface area contributed by atoms with Crippen molar-refractivity contribution in [3.63, 3.8) is 0 Å². The van der Waals surface area contributed by atoms with Gasteiger partial charge in [0.25, 0.3) is 0 Å². The highest BCUT2D eigenvalue weighted by Crippen LogP contribution is 2.65. The molecule has 0 saturated heterocycles. The normalized spacial score (nSPS) is 14.5. The molecule has 136 heavy (non-hydrogen) atoms. The summed E-state index contributed by atoms with van der Waals surface area (Å²) in [6, 6.07) is 160. The maximum atomic E-state index is 2.57. The molecule has 0 amide bonds. The van der Waals surface area contributed by atoms with E-state index < -0.39 is 5.41 Å². The first-order valence-corrected chi connectivity index (χ1v) is 47.9. The summed E-state index contributed by atoms with van der Waals surface area (Å²) in [7, 11) is 0. The van der Waals surface area contributed by atoms with Crippen LogP contribution >= 0.6 is 0 Å². The Morgan fingerprint density at radius 2 is 0.426 bits per heavy atom. The second-order valence-corrected chi connectivity index (χ2v) is 40.1. The number of nitrogens with zero attached hydrogens (tertiary/aromatic N) is 6. The Hall–Kier alpha value is -16.8. The molecule has 0 radical (unpaired) electrons. The van der Waals surface area contributed by atoms with Crippen LogP contribution in [0.15, 0.2) is 425 Å². The Morgan fingerprint density at radius 3 is 0.860 bits per heavy atom. The van der Waals surface area contributed by atoms with Crippen molar-refractivity contribution in [2.75, 3.05) is 0 Å². The number of benzene rings is 20. The molecule has 0 bridgehead atoms. The molecule has 6 nitrogen and oxygen atoms in total. The quantitative estimate of drug-likeness (QED) is 0.159. The zero-order chi connectivity index (χ0) is 89.8. The second kappa shape index (κ2) is 27.0. The molecule has 0 atom stereocenters. The fourth-order valence-electron chi connectivity index (χ4n) is 26.3. The average Bonchev–Trinajstić information content (AvgIpc) is 1.49. The van der Waals surface area contributed by atoms with Crippen molar-refractivity contribution in [1.29, 1.82) is 0 Å². The van der Waals surface area contributed by atoms with Crippen LogP contribution in [0.1, 0.15) is 97.2 Å². The Kier molecular flexibility index (Phi) is 15.1. The van der Waals surface area contributed by atoms with Crippen LogP contribution in [0.4, 0.5) is 0 Å². The van der Waals surface area contributed by atoms with Crippen LogP contribution in [0, 0.1) is 0 Å². The molecular weight excluding hydrogens is 1650 g/mol. The van der Waals surface area contributed by atoms with Gasteiger partial charge < -0.3 is 27.4 Å². The van der Waals surface area contributed by atoms with Crippen LogP contribution < -0.4 is 0 Å². The van der Waals surface area contributed by atoms with Gasteiger partial charge in [0.1, 0.15) is 0 Å². The predicted molar refractivity (Wildman–Crippen MR) is 568 cm³/mol. The van der Waals surface area contributed by atoms with Gasteiger partial charge in [0, 0.05) is 104 Å². The minimum Gasteiger partial charge on any atom is -0.309 e. The van der Waals surface area contributed by atoms with Crippen LogP contribution in [-0.2, 0) is 21.7 Å². The molecule has 0 fully saturated rings. The molecule has 0 N–H and O–H groups in total. The van der Waals surface area contributed by atoms with Gasteiger partial charge in [0.2, 0.25) is 0 Å². The zero-order valence-electron chi connectivity index (χ0n) is 76.1. The van der Waals surface area contributed by atoms with Gasteiger partial charge in [-0.3, -0.25) is 0 Å². The van der Waals surface area contributed by atoms with Crippen LogP contribution in [-0.4, -0.2) is 27.4 Å². The molecule has 6 heteroatoms.